The van der Waals surface area contributed by atoms with Gasteiger partial charge in [-0.3, -0.25) is 4.79 Å². The first-order valence-corrected chi connectivity index (χ1v) is 28.4. The Morgan fingerprint density at radius 1 is 0.377 bits per heavy atom. The quantitative estimate of drug-likeness (QED) is 0.0421. The summed E-state index contributed by atoms with van der Waals surface area (Å²) in [5, 5.41) is 23.3. The van der Waals surface area contributed by atoms with Crippen LogP contribution in [0, 0.1) is 0 Å². The molecule has 0 fully saturated rings. The largest absolute Gasteiger partial charge is 0.394 e. The number of aliphatic hydroxyl groups is 2. The third-order valence-corrected chi connectivity index (χ3v) is 13.5. The molecule has 0 aromatic carbocycles. The van der Waals surface area contributed by atoms with Crippen LogP contribution in [0.5, 0.6) is 0 Å². The number of nitrogens with one attached hydrogen (secondary N) is 1. The molecule has 1 amide bonds. The van der Waals surface area contributed by atoms with E-state index in [9.17, 15) is 15.0 Å². The molecule has 0 aliphatic heterocycles. The number of allylic oxidation sites excluding steroid dienone is 2. The number of carbonyl (C=O) groups excluding carboxylic acids is 1. The Kier molecular flexibility index (Phi) is 52.7. The second-order valence-corrected chi connectivity index (χ2v) is 19.7. The minimum Gasteiger partial charge on any atom is -0.394 e. The van der Waals surface area contributed by atoms with Crippen molar-refractivity contribution in [2.45, 2.75) is 341 Å². The fourth-order valence-corrected chi connectivity index (χ4v) is 9.18. The lowest BCUT2D eigenvalue weighted by molar-refractivity contribution is -0.123. The minimum absolute atomic E-state index is 0.0249. The van der Waals surface area contributed by atoms with Crippen molar-refractivity contribution in [1.29, 1.82) is 0 Å². The van der Waals surface area contributed by atoms with Crippen LogP contribution < -0.4 is 5.32 Å². The highest BCUT2D eigenvalue weighted by Crippen LogP contribution is 2.18. The number of carbonyl (C=O) groups is 1. The summed E-state index contributed by atoms with van der Waals surface area (Å²) < 4.78 is 0. The Morgan fingerprint density at radius 3 is 0.902 bits per heavy atom. The zero-order chi connectivity index (χ0) is 44.2. The Morgan fingerprint density at radius 2 is 0.623 bits per heavy atom. The molecule has 0 saturated heterocycles. The van der Waals surface area contributed by atoms with Crippen LogP contribution in [-0.4, -0.2) is 34.9 Å². The molecule has 0 aromatic rings. The third kappa shape index (κ3) is 50.0. The normalized spacial score (nSPS) is 12.8. The van der Waals surface area contributed by atoms with Crippen molar-refractivity contribution in [1.82, 2.24) is 5.32 Å². The molecule has 0 heterocycles. The number of unbranched alkanes of at least 4 members (excludes halogenated alkanes) is 44. The highest BCUT2D eigenvalue weighted by molar-refractivity contribution is 5.76. The maximum absolute atomic E-state index is 12.5. The van der Waals surface area contributed by atoms with Crippen LogP contribution in [0.1, 0.15) is 328 Å². The summed E-state index contributed by atoms with van der Waals surface area (Å²) in [4.78, 5) is 12.5. The van der Waals surface area contributed by atoms with Gasteiger partial charge in [-0.25, -0.2) is 0 Å². The van der Waals surface area contributed by atoms with Gasteiger partial charge in [-0.15, -0.1) is 0 Å². The van der Waals surface area contributed by atoms with Crippen LogP contribution in [-0.2, 0) is 4.79 Å². The summed E-state index contributed by atoms with van der Waals surface area (Å²) in [7, 11) is 0. The molecule has 0 saturated carbocycles. The van der Waals surface area contributed by atoms with Gasteiger partial charge in [0.15, 0.2) is 0 Å². The van der Waals surface area contributed by atoms with Crippen molar-refractivity contribution < 1.29 is 15.0 Å². The van der Waals surface area contributed by atoms with Gasteiger partial charge in [0, 0.05) is 6.42 Å². The lowest BCUT2D eigenvalue weighted by Crippen LogP contribution is -2.45. The van der Waals surface area contributed by atoms with Crippen LogP contribution in [0.2, 0.25) is 0 Å². The standard InChI is InChI=1S/C57H113NO3/c1-3-5-7-9-11-13-15-17-19-21-23-25-26-27-28-29-30-31-32-33-35-37-39-41-43-45-47-49-51-53-57(61)58-55(54-59)56(60)52-50-48-46-44-42-40-38-36-34-24-22-20-18-16-14-12-10-8-6-4-2/h27-28,55-56,59-60H,3-26,29-54H2,1-2H3,(H,58,61)/b28-27-. The van der Waals surface area contributed by atoms with Gasteiger partial charge in [0.05, 0.1) is 18.8 Å². The lowest BCUT2D eigenvalue weighted by atomic mass is 10.0. The van der Waals surface area contributed by atoms with Crippen LogP contribution in [0.3, 0.4) is 0 Å². The van der Waals surface area contributed by atoms with E-state index in [1.165, 1.54) is 276 Å². The van der Waals surface area contributed by atoms with Gasteiger partial charge in [0.2, 0.25) is 5.91 Å². The van der Waals surface area contributed by atoms with Gasteiger partial charge >= 0.3 is 0 Å². The van der Waals surface area contributed by atoms with Crippen molar-refractivity contribution in [3.8, 4) is 0 Å². The molecule has 0 spiro atoms. The van der Waals surface area contributed by atoms with Gasteiger partial charge < -0.3 is 15.5 Å². The molecule has 0 radical (unpaired) electrons. The molecule has 364 valence electrons. The first-order chi connectivity index (χ1) is 30.2. The average Bonchev–Trinajstić information content (AvgIpc) is 3.26. The molecule has 0 aromatic heterocycles. The van der Waals surface area contributed by atoms with Crippen molar-refractivity contribution in [2.24, 2.45) is 0 Å². The van der Waals surface area contributed by atoms with Crippen molar-refractivity contribution >= 4 is 5.91 Å². The fourth-order valence-electron chi connectivity index (χ4n) is 9.18. The fraction of sp³-hybridized carbons (Fsp3) is 0.947. The predicted molar refractivity (Wildman–Crippen MR) is 272 cm³/mol. The van der Waals surface area contributed by atoms with E-state index >= 15 is 0 Å². The zero-order valence-corrected chi connectivity index (χ0v) is 42.0. The van der Waals surface area contributed by atoms with Gasteiger partial charge in [-0.1, -0.05) is 296 Å². The highest BCUT2D eigenvalue weighted by Gasteiger charge is 2.20. The second-order valence-electron chi connectivity index (χ2n) is 19.7. The Labute approximate surface area is 384 Å². The van der Waals surface area contributed by atoms with Crippen molar-refractivity contribution in [3.05, 3.63) is 12.2 Å². The number of amides is 1. The summed E-state index contributed by atoms with van der Waals surface area (Å²) >= 11 is 0. The lowest BCUT2D eigenvalue weighted by Gasteiger charge is -2.22. The summed E-state index contributed by atoms with van der Waals surface area (Å²) in [6.45, 7) is 4.40. The van der Waals surface area contributed by atoms with Gasteiger partial charge in [-0.2, -0.15) is 0 Å². The van der Waals surface area contributed by atoms with Crippen LogP contribution >= 0.6 is 0 Å². The third-order valence-electron chi connectivity index (χ3n) is 13.5. The van der Waals surface area contributed by atoms with E-state index < -0.39 is 12.1 Å². The molecule has 4 nitrogen and oxygen atoms in total. The topological polar surface area (TPSA) is 69.6 Å². The zero-order valence-electron chi connectivity index (χ0n) is 42.0. The Hall–Kier alpha value is -0.870. The second kappa shape index (κ2) is 53.5. The molecule has 0 rings (SSSR count). The van der Waals surface area contributed by atoms with E-state index in [-0.39, 0.29) is 12.5 Å². The maximum Gasteiger partial charge on any atom is 0.220 e. The Balaban J connectivity index is 3.42. The number of hydrogen-bond donors (Lipinski definition) is 3. The van der Waals surface area contributed by atoms with Crippen molar-refractivity contribution in [2.75, 3.05) is 6.61 Å². The number of rotatable bonds is 53. The SMILES string of the molecule is CCCCCCCCCCCCCC/C=C\CCCCCCCCCCCCCCCC(=O)NC(CO)C(O)CCCCCCCCCCCCCCCCCCCCCC. The highest BCUT2D eigenvalue weighted by atomic mass is 16.3. The van der Waals surface area contributed by atoms with Gasteiger partial charge in [-0.05, 0) is 38.5 Å². The maximum atomic E-state index is 12.5. The van der Waals surface area contributed by atoms with Gasteiger partial charge in [0.1, 0.15) is 0 Å². The first kappa shape index (κ1) is 60.1. The van der Waals surface area contributed by atoms with E-state index in [1.54, 1.807) is 0 Å². The first-order valence-electron chi connectivity index (χ1n) is 28.4. The van der Waals surface area contributed by atoms with Crippen LogP contribution in [0.25, 0.3) is 0 Å². The molecular weight excluding hydrogens is 747 g/mol. The van der Waals surface area contributed by atoms with E-state index in [0.29, 0.717) is 12.8 Å². The van der Waals surface area contributed by atoms with E-state index in [0.717, 1.165) is 25.7 Å². The molecule has 2 atom stereocenters. The molecule has 4 heteroatoms. The molecule has 61 heavy (non-hydrogen) atoms. The summed E-state index contributed by atoms with van der Waals surface area (Å²) in [6, 6.07) is -0.534. The van der Waals surface area contributed by atoms with Crippen LogP contribution in [0.15, 0.2) is 12.2 Å². The molecule has 0 aliphatic rings. The van der Waals surface area contributed by atoms with E-state index in [1.807, 2.05) is 0 Å². The average molecular weight is 861 g/mol. The van der Waals surface area contributed by atoms with E-state index in [4.69, 9.17) is 0 Å². The molecule has 3 N–H and O–H groups in total. The molecule has 2 unspecified atom stereocenters. The Bertz CT molecular complexity index is 844. The summed E-state index contributed by atoms with van der Waals surface area (Å²) in [5.74, 6) is -0.0249. The monoisotopic (exact) mass is 860 g/mol. The van der Waals surface area contributed by atoms with Gasteiger partial charge in [0.25, 0.3) is 0 Å². The molecular formula is C57H113NO3. The van der Waals surface area contributed by atoms with Crippen molar-refractivity contribution in [3.63, 3.8) is 0 Å². The predicted octanol–water partition coefficient (Wildman–Crippen LogP) is 18.5. The summed E-state index contributed by atoms with van der Waals surface area (Å²) in [6.07, 6.45) is 69.2. The smallest absolute Gasteiger partial charge is 0.220 e. The van der Waals surface area contributed by atoms with Crippen LogP contribution in [0.4, 0.5) is 0 Å². The molecule has 0 bridgehead atoms. The van der Waals surface area contributed by atoms with E-state index in [2.05, 4.69) is 31.3 Å². The number of hydrogen-bond acceptors (Lipinski definition) is 3. The number of aliphatic hydroxyl groups excluding tert-OH is 2. The minimum atomic E-state index is -0.657. The molecule has 0 aliphatic carbocycles. The summed E-state index contributed by atoms with van der Waals surface area (Å²) in [5.41, 5.74) is 0.